The first kappa shape index (κ1) is 22.4. The molecule has 10 heteroatoms. The smallest absolute Gasteiger partial charge is 0.261 e. The van der Waals surface area contributed by atoms with E-state index in [-0.39, 0.29) is 15.5 Å². The van der Waals surface area contributed by atoms with Crippen LogP contribution in [0.4, 0.5) is 11.4 Å². The zero-order valence-corrected chi connectivity index (χ0v) is 18.5. The highest BCUT2D eigenvalue weighted by atomic mass is 32.2. The molecular weight excluding hydrogens is 440 g/mol. The van der Waals surface area contributed by atoms with E-state index in [0.29, 0.717) is 23.8 Å². The summed E-state index contributed by atoms with van der Waals surface area (Å²) >= 11 is 0. The summed E-state index contributed by atoms with van der Waals surface area (Å²) in [6.45, 7) is 2.32. The van der Waals surface area contributed by atoms with Crippen molar-refractivity contribution in [2.45, 2.75) is 16.7 Å². The molecule has 0 atom stereocenters. The van der Waals surface area contributed by atoms with Gasteiger partial charge in [-0.1, -0.05) is 0 Å². The lowest BCUT2D eigenvalue weighted by Gasteiger charge is -2.11. The van der Waals surface area contributed by atoms with E-state index in [2.05, 4.69) is 9.44 Å². The summed E-state index contributed by atoms with van der Waals surface area (Å²) in [7, 11) is -6.15. The van der Waals surface area contributed by atoms with Crippen molar-refractivity contribution in [3.8, 4) is 11.5 Å². The van der Waals surface area contributed by atoms with Gasteiger partial charge in [0.25, 0.3) is 20.0 Å². The molecule has 0 amide bonds. The van der Waals surface area contributed by atoms with E-state index in [0.717, 1.165) is 0 Å². The van der Waals surface area contributed by atoms with Crippen molar-refractivity contribution in [3.05, 3.63) is 72.8 Å². The number of hydrogen-bond acceptors (Lipinski definition) is 6. The maximum Gasteiger partial charge on any atom is 0.261 e. The van der Waals surface area contributed by atoms with Gasteiger partial charge in [0.05, 0.1) is 23.5 Å². The fraction of sp³-hybridized carbons (Fsp3) is 0.143. The third-order valence-corrected chi connectivity index (χ3v) is 7.00. The Labute approximate surface area is 181 Å². The molecule has 164 valence electrons. The van der Waals surface area contributed by atoms with Crippen LogP contribution in [0.5, 0.6) is 11.5 Å². The van der Waals surface area contributed by atoms with Crippen molar-refractivity contribution in [2.75, 3.05) is 23.2 Å². The molecule has 0 aliphatic rings. The van der Waals surface area contributed by atoms with Crippen LogP contribution in [0, 0.1) is 0 Å². The monoisotopic (exact) mass is 462 g/mol. The standard InChI is InChI=1S/C21H22N2O6S2/c1-3-29-19-10-14-21(15-11-19)31(26,27)23-17-6-12-20(13-7-17)30(24,25)22-16-4-8-18(28-2)9-5-16/h4-15,22-23H,3H2,1-2H3. The van der Waals surface area contributed by atoms with E-state index < -0.39 is 20.0 Å². The first-order chi connectivity index (χ1) is 14.7. The van der Waals surface area contributed by atoms with Gasteiger partial charge >= 0.3 is 0 Å². The summed E-state index contributed by atoms with van der Waals surface area (Å²) < 4.78 is 65.5. The summed E-state index contributed by atoms with van der Waals surface area (Å²) in [6, 6.07) is 17.8. The molecule has 0 aliphatic carbocycles. The van der Waals surface area contributed by atoms with Crippen molar-refractivity contribution in [2.24, 2.45) is 0 Å². The lowest BCUT2D eigenvalue weighted by atomic mass is 10.3. The van der Waals surface area contributed by atoms with Crippen LogP contribution in [0.25, 0.3) is 0 Å². The highest BCUT2D eigenvalue weighted by molar-refractivity contribution is 7.93. The van der Waals surface area contributed by atoms with Crippen LogP contribution in [0.1, 0.15) is 6.92 Å². The second-order valence-corrected chi connectivity index (χ2v) is 9.73. The fourth-order valence-electron chi connectivity index (χ4n) is 2.67. The number of hydrogen-bond donors (Lipinski definition) is 2. The Kier molecular flexibility index (Phi) is 6.71. The van der Waals surface area contributed by atoms with Crippen molar-refractivity contribution in [1.82, 2.24) is 0 Å². The second-order valence-electron chi connectivity index (χ2n) is 6.37. The van der Waals surface area contributed by atoms with Crippen LogP contribution in [0.15, 0.2) is 82.6 Å². The summed E-state index contributed by atoms with van der Waals surface area (Å²) in [5, 5.41) is 0. The minimum atomic E-state index is -3.84. The van der Waals surface area contributed by atoms with Crippen LogP contribution in [0.3, 0.4) is 0 Å². The molecule has 3 aromatic rings. The van der Waals surface area contributed by atoms with E-state index in [1.165, 1.54) is 43.5 Å². The Balaban J connectivity index is 1.72. The Bertz CT molecular complexity index is 1220. The lowest BCUT2D eigenvalue weighted by molar-refractivity contribution is 0.340. The third-order valence-electron chi connectivity index (χ3n) is 4.20. The fourth-order valence-corrected chi connectivity index (χ4v) is 4.79. The Morgan fingerprint density at radius 2 is 1.03 bits per heavy atom. The first-order valence-corrected chi connectivity index (χ1v) is 12.2. The molecular formula is C21H22N2O6S2. The van der Waals surface area contributed by atoms with Crippen molar-refractivity contribution in [3.63, 3.8) is 0 Å². The van der Waals surface area contributed by atoms with Gasteiger partial charge in [0, 0.05) is 11.4 Å². The van der Waals surface area contributed by atoms with Crippen molar-refractivity contribution >= 4 is 31.4 Å². The van der Waals surface area contributed by atoms with Gasteiger partial charge in [-0.25, -0.2) is 16.8 Å². The van der Waals surface area contributed by atoms with Gasteiger partial charge in [-0.05, 0) is 79.7 Å². The zero-order chi connectivity index (χ0) is 22.5. The van der Waals surface area contributed by atoms with Crippen LogP contribution < -0.4 is 18.9 Å². The summed E-state index contributed by atoms with van der Waals surface area (Å²) in [5.41, 5.74) is 0.610. The summed E-state index contributed by atoms with van der Waals surface area (Å²) in [5.74, 6) is 1.17. The average Bonchev–Trinajstić information content (AvgIpc) is 2.75. The molecule has 0 fully saturated rings. The first-order valence-electron chi connectivity index (χ1n) is 9.26. The summed E-state index contributed by atoms with van der Waals surface area (Å²) in [6.07, 6.45) is 0. The molecule has 0 saturated heterocycles. The molecule has 0 bridgehead atoms. The highest BCUT2D eigenvalue weighted by Gasteiger charge is 2.17. The number of benzene rings is 3. The number of ether oxygens (including phenoxy) is 2. The van der Waals surface area contributed by atoms with E-state index >= 15 is 0 Å². The number of anilines is 2. The van der Waals surface area contributed by atoms with Gasteiger partial charge in [0.2, 0.25) is 0 Å². The van der Waals surface area contributed by atoms with Crippen LogP contribution in [-0.2, 0) is 20.0 Å². The molecule has 0 aliphatic heterocycles. The van der Waals surface area contributed by atoms with Gasteiger partial charge in [0.1, 0.15) is 11.5 Å². The van der Waals surface area contributed by atoms with E-state index in [4.69, 9.17) is 9.47 Å². The van der Waals surface area contributed by atoms with Gasteiger partial charge in [-0.3, -0.25) is 9.44 Å². The highest BCUT2D eigenvalue weighted by Crippen LogP contribution is 2.23. The van der Waals surface area contributed by atoms with Gasteiger partial charge in [-0.15, -0.1) is 0 Å². The molecule has 8 nitrogen and oxygen atoms in total. The van der Waals surface area contributed by atoms with Crippen LogP contribution in [0.2, 0.25) is 0 Å². The molecule has 3 rings (SSSR count). The third kappa shape index (κ3) is 5.68. The van der Waals surface area contributed by atoms with Gasteiger partial charge < -0.3 is 9.47 Å². The van der Waals surface area contributed by atoms with E-state index in [1.54, 1.807) is 36.4 Å². The Hall–Kier alpha value is -3.24. The van der Waals surface area contributed by atoms with Crippen LogP contribution in [-0.4, -0.2) is 30.6 Å². The van der Waals surface area contributed by atoms with Crippen molar-refractivity contribution < 1.29 is 26.3 Å². The number of sulfonamides is 2. The molecule has 0 heterocycles. The molecule has 0 unspecified atom stereocenters. The number of nitrogens with one attached hydrogen (secondary N) is 2. The quantitative estimate of drug-likeness (QED) is 0.502. The van der Waals surface area contributed by atoms with E-state index in [1.807, 2.05) is 6.92 Å². The number of rotatable bonds is 9. The van der Waals surface area contributed by atoms with E-state index in [9.17, 15) is 16.8 Å². The Morgan fingerprint density at radius 3 is 1.45 bits per heavy atom. The maximum atomic E-state index is 12.6. The molecule has 3 aromatic carbocycles. The zero-order valence-electron chi connectivity index (χ0n) is 16.9. The van der Waals surface area contributed by atoms with Crippen molar-refractivity contribution in [1.29, 1.82) is 0 Å². The maximum absolute atomic E-state index is 12.6. The minimum Gasteiger partial charge on any atom is -0.497 e. The molecule has 31 heavy (non-hydrogen) atoms. The topological polar surface area (TPSA) is 111 Å². The van der Waals surface area contributed by atoms with Gasteiger partial charge in [0.15, 0.2) is 0 Å². The lowest BCUT2D eigenvalue weighted by Crippen LogP contribution is -2.14. The van der Waals surface area contributed by atoms with Gasteiger partial charge in [-0.2, -0.15) is 0 Å². The molecule has 0 aromatic heterocycles. The molecule has 2 N–H and O–H groups in total. The Morgan fingerprint density at radius 1 is 0.645 bits per heavy atom. The molecule has 0 spiro atoms. The normalized spacial score (nSPS) is 11.5. The SMILES string of the molecule is CCOc1ccc(S(=O)(=O)Nc2ccc(S(=O)(=O)Nc3ccc(OC)cc3)cc2)cc1. The molecule has 0 saturated carbocycles. The van der Waals surface area contributed by atoms with Crippen LogP contribution >= 0.6 is 0 Å². The second kappa shape index (κ2) is 9.27. The average molecular weight is 463 g/mol. The predicted molar refractivity (Wildman–Crippen MR) is 119 cm³/mol. The number of methoxy groups -OCH3 is 1. The summed E-state index contributed by atoms with van der Waals surface area (Å²) in [4.78, 5) is 0.0566. The largest absolute Gasteiger partial charge is 0.497 e. The minimum absolute atomic E-state index is 0.00710. The molecule has 0 radical (unpaired) electrons. The predicted octanol–water partition coefficient (Wildman–Crippen LogP) is 3.70.